The van der Waals surface area contributed by atoms with E-state index in [-0.39, 0.29) is 5.91 Å². The van der Waals surface area contributed by atoms with Gasteiger partial charge in [0.1, 0.15) is 10.1 Å². The van der Waals surface area contributed by atoms with Gasteiger partial charge in [-0.25, -0.2) is 4.98 Å². The normalized spacial score (nSPS) is 10.6. The molecule has 0 unspecified atom stereocenters. The molecule has 28 heavy (non-hydrogen) atoms. The number of hydrogen-bond donors (Lipinski definition) is 1. The SMILES string of the molecule is COc1cccc(CCNC(=O)Cc2csc(SCc3ccc(Cl)cc3)n2)c1. The largest absolute Gasteiger partial charge is 0.497 e. The van der Waals surface area contributed by atoms with E-state index in [2.05, 4.69) is 10.3 Å². The molecule has 1 N–H and O–H groups in total. The molecule has 0 fully saturated rings. The Bertz CT molecular complexity index is 913. The molecule has 1 aromatic heterocycles. The van der Waals surface area contributed by atoms with Crippen molar-refractivity contribution in [3.05, 3.63) is 75.8 Å². The summed E-state index contributed by atoms with van der Waals surface area (Å²) in [7, 11) is 1.65. The number of nitrogens with one attached hydrogen (secondary N) is 1. The van der Waals surface area contributed by atoms with Crippen LogP contribution in [0.4, 0.5) is 0 Å². The second-order valence-corrected chi connectivity index (χ2v) is 8.67. The first-order chi connectivity index (χ1) is 13.6. The quantitative estimate of drug-likeness (QED) is 0.483. The lowest BCUT2D eigenvalue weighted by molar-refractivity contribution is -0.120. The summed E-state index contributed by atoms with van der Waals surface area (Å²) in [5, 5.41) is 5.64. The van der Waals surface area contributed by atoms with Crippen LogP contribution in [0.5, 0.6) is 5.75 Å². The maximum atomic E-state index is 12.2. The number of amides is 1. The molecule has 0 bridgehead atoms. The van der Waals surface area contributed by atoms with Crippen molar-refractivity contribution < 1.29 is 9.53 Å². The number of thioether (sulfide) groups is 1. The molecule has 0 aliphatic carbocycles. The van der Waals surface area contributed by atoms with E-state index >= 15 is 0 Å². The van der Waals surface area contributed by atoms with Crippen LogP contribution >= 0.6 is 34.7 Å². The highest BCUT2D eigenvalue weighted by Crippen LogP contribution is 2.26. The number of ether oxygens (including phenoxy) is 1. The van der Waals surface area contributed by atoms with Gasteiger partial charge in [0.05, 0.1) is 19.2 Å². The van der Waals surface area contributed by atoms with Crippen molar-refractivity contribution in [1.82, 2.24) is 10.3 Å². The summed E-state index contributed by atoms with van der Waals surface area (Å²) in [6, 6.07) is 15.7. The summed E-state index contributed by atoms with van der Waals surface area (Å²) in [5.74, 6) is 1.65. The molecule has 4 nitrogen and oxygen atoms in total. The van der Waals surface area contributed by atoms with Gasteiger partial charge in [-0.2, -0.15) is 0 Å². The lowest BCUT2D eigenvalue weighted by atomic mass is 10.1. The Labute approximate surface area is 178 Å². The third-order valence-electron chi connectivity index (χ3n) is 4.02. The van der Waals surface area contributed by atoms with Gasteiger partial charge in [0.2, 0.25) is 5.91 Å². The Morgan fingerprint density at radius 3 is 2.82 bits per heavy atom. The topological polar surface area (TPSA) is 51.2 Å². The third-order valence-corrected chi connectivity index (χ3v) is 6.41. The molecular weight excluding hydrogens is 412 g/mol. The van der Waals surface area contributed by atoms with Crippen molar-refractivity contribution in [3.8, 4) is 5.75 Å². The standard InChI is InChI=1S/C21H21ClN2O2S2/c1-26-19-4-2-3-15(11-19)9-10-23-20(25)12-18-14-28-21(24-18)27-13-16-5-7-17(22)8-6-16/h2-8,11,14H,9-10,12-13H2,1H3,(H,23,25). The van der Waals surface area contributed by atoms with Crippen molar-refractivity contribution in [3.63, 3.8) is 0 Å². The van der Waals surface area contributed by atoms with Gasteiger partial charge in [0, 0.05) is 22.7 Å². The third kappa shape index (κ3) is 6.55. The van der Waals surface area contributed by atoms with E-state index in [4.69, 9.17) is 16.3 Å². The number of thiazole rings is 1. The molecule has 0 saturated carbocycles. The molecule has 7 heteroatoms. The number of rotatable bonds is 9. The predicted octanol–water partition coefficient (Wildman–Crippen LogP) is 5.00. The molecule has 0 aliphatic heterocycles. The molecular formula is C21H21ClN2O2S2. The Balaban J connectivity index is 1.41. The molecule has 0 atom stereocenters. The van der Waals surface area contributed by atoms with Crippen LogP contribution in [0.3, 0.4) is 0 Å². The molecule has 1 amide bonds. The first-order valence-corrected chi connectivity index (χ1v) is 11.1. The van der Waals surface area contributed by atoms with Crippen molar-refractivity contribution in [1.29, 1.82) is 0 Å². The average Bonchev–Trinajstić information content (AvgIpc) is 3.15. The van der Waals surface area contributed by atoms with Gasteiger partial charge in [-0.15, -0.1) is 11.3 Å². The van der Waals surface area contributed by atoms with E-state index in [1.807, 2.05) is 53.9 Å². The molecule has 0 aliphatic rings. The minimum Gasteiger partial charge on any atom is -0.497 e. The molecule has 146 valence electrons. The van der Waals surface area contributed by atoms with Crippen LogP contribution in [-0.4, -0.2) is 24.5 Å². The van der Waals surface area contributed by atoms with E-state index in [9.17, 15) is 4.79 Å². The molecule has 0 radical (unpaired) electrons. The second kappa shape index (κ2) is 10.5. The summed E-state index contributed by atoms with van der Waals surface area (Å²) in [6.07, 6.45) is 1.07. The first-order valence-electron chi connectivity index (χ1n) is 8.83. The van der Waals surface area contributed by atoms with E-state index in [1.54, 1.807) is 30.2 Å². The van der Waals surface area contributed by atoms with Crippen molar-refractivity contribution >= 4 is 40.6 Å². The fourth-order valence-corrected chi connectivity index (χ4v) is 4.49. The number of methoxy groups -OCH3 is 1. The highest BCUT2D eigenvalue weighted by atomic mass is 35.5. The van der Waals surface area contributed by atoms with Gasteiger partial charge in [0.25, 0.3) is 0 Å². The Morgan fingerprint density at radius 2 is 2.04 bits per heavy atom. The zero-order valence-electron chi connectivity index (χ0n) is 15.5. The molecule has 3 aromatic rings. The minimum atomic E-state index is -0.0116. The number of aromatic nitrogens is 1. The minimum absolute atomic E-state index is 0.0116. The van der Waals surface area contributed by atoms with Crippen LogP contribution in [0.2, 0.25) is 5.02 Å². The van der Waals surface area contributed by atoms with Gasteiger partial charge in [0.15, 0.2) is 0 Å². The smallest absolute Gasteiger partial charge is 0.226 e. The van der Waals surface area contributed by atoms with Crippen molar-refractivity contribution in [2.75, 3.05) is 13.7 Å². The number of nitrogens with zero attached hydrogens (tertiary/aromatic N) is 1. The number of halogens is 1. The maximum absolute atomic E-state index is 12.2. The molecule has 2 aromatic carbocycles. The fourth-order valence-electron chi connectivity index (χ4n) is 2.56. The molecule has 0 spiro atoms. The van der Waals surface area contributed by atoms with E-state index in [1.165, 1.54) is 5.56 Å². The summed E-state index contributed by atoms with van der Waals surface area (Å²) in [5.41, 5.74) is 3.14. The van der Waals surface area contributed by atoms with Crippen LogP contribution in [-0.2, 0) is 23.4 Å². The number of hydrogen-bond acceptors (Lipinski definition) is 5. The van der Waals surface area contributed by atoms with Crippen LogP contribution in [0, 0.1) is 0 Å². The van der Waals surface area contributed by atoms with E-state index < -0.39 is 0 Å². The van der Waals surface area contributed by atoms with Gasteiger partial charge < -0.3 is 10.1 Å². The van der Waals surface area contributed by atoms with Crippen molar-refractivity contribution in [2.45, 2.75) is 22.9 Å². The molecule has 0 saturated heterocycles. The monoisotopic (exact) mass is 432 g/mol. The van der Waals surface area contributed by atoms with E-state index in [0.717, 1.165) is 38.5 Å². The molecule has 1 heterocycles. The van der Waals surface area contributed by atoms with Gasteiger partial charge in [-0.3, -0.25) is 4.79 Å². The van der Waals surface area contributed by atoms with Gasteiger partial charge >= 0.3 is 0 Å². The summed E-state index contributed by atoms with van der Waals surface area (Å²) in [6.45, 7) is 0.592. The number of benzene rings is 2. The number of carbonyl (C=O) groups excluding carboxylic acids is 1. The Kier molecular flexibility index (Phi) is 7.77. The summed E-state index contributed by atoms with van der Waals surface area (Å²) < 4.78 is 6.18. The highest BCUT2D eigenvalue weighted by molar-refractivity contribution is 8.00. The average molecular weight is 433 g/mol. The Morgan fingerprint density at radius 1 is 1.21 bits per heavy atom. The maximum Gasteiger partial charge on any atom is 0.226 e. The van der Waals surface area contributed by atoms with Crippen LogP contribution < -0.4 is 10.1 Å². The zero-order valence-corrected chi connectivity index (χ0v) is 17.9. The Hall–Kier alpha value is -2.02. The lowest BCUT2D eigenvalue weighted by Gasteiger charge is -2.06. The summed E-state index contributed by atoms with van der Waals surface area (Å²) >= 11 is 9.14. The first kappa shape index (κ1) is 20.7. The van der Waals surface area contributed by atoms with Crippen LogP contribution in [0.15, 0.2) is 58.3 Å². The van der Waals surface area contributed by atoms with E-state index in [0.29, 0.717) is 13.0 Å². The van der Waals surface area contributed by atoms with Crippen molar-refractivity contribution in [2.24, 2.45) is 0 Å². The predicted molar refractivity (Wildman–Crippen MR) is 117 cm³/mol. The summed E-state index contributed by atoms with van der Waals surface area (Å²) in [4.78, 5) is 16.7. The second-order valence-electron chi connectivity index (χ2n) is 6.15. The van der Waals surface area contributed by atoms with Gasteiger partial charge in [-0.05, 0) is 41.8 Å². The van der Waals surface area contributed by atoms with Gasteiger partial charge in [-0.1, -0.05) is 47.6 Å². The van der Waals surface area contributed by atoms with Crippen LogP contribution in [0.25, 0.3) is 0 Å². The zero-order chi connectivity index (χ0) is 19.8. The molecule has 3 rings (SSSR count). The number of carbonyl (C=O) groups is 1. The lowest BCUT2D eigenvalue weighted by Crippen LogP contribution is -2.27. The fraction of sp³-hybridized carbons (Fsp3) is 0.238. The highest BCUT2D eigenvalue weighted by Gasteiger charge is 2.08. The van der Waals surface area contributed by atoms with Crippen LogP contribution in [0.1, 0.15) is 16.8 Å².